The number of primary amides is 1. The number of carbonyl (C=O) groups is 2. The molecule has 1 aromatic carbocycles. The monoisotopic (exact) mass is 290 g/mol. The summed E-state index contributed by atoms with van der Waals surface area (Å²) in [6, 6.07) is 6.44. The Morgan fingerprint density at radius 3 is 2.29 bits per heavy atom. The van der Waals surface area contributed by atoms with Crippen molar-refractivity contribution < 1.29 is 14.7 Å². The number of phenolic OH excluding ortho intramolecular Hbond substituents is 1. The Hall–Kier alpha value is -2.04. The maximum atomic E-state index is 12.7. The molecule has 1 aliphatic carbocycles. The van der Waals surface area contributed by atoms with Gasteiger partial charge in [-0.15, -0.1) is 0 Å². The average molecular weight is 290 g/mol. The van der Waals surface area contributed by atoms with Crippen molar-refractivity contribution in [1.29, 1.82) is 0 Å². The lowest BCUT2D eigenvalue weighted by Crippen LogP contribution is -2.44. The van der Waals surface area contributed by atoms with Crippen LogP contribution in [0.15, 0.2) is 24.3 Å². The molecule has 2 rings (SSSR count). The standard InChI is InChI=1S/C16H22N2O3/c1-11(2)7-10-18(12-3-5-13(19)6-4-12)15(21)16(8-9-16)14(17)20/h3-6,11,19H,7-10H2,1-2H3,(H2,17,20). The summed E-state index contributed by atoms with van der Waals surface area (Å²) in [6.07, 6.45) is 1.89. The number of aromatic hydroxyl groups is 1. The van der Waals surface area contributed by atoms with Gasteiger partial charge >= 0.3 is 0 Å². The molecule has 2 amide bonds. The van der Waals surface area contributed by atoms with Crippen molar-refractivity contribution in [2.75, 3.05) is 11.4 Å². The molecule has 0 aromatic heterocycles. The first-order chi connectivity index (χ1) is 9.86. The highest BCUT2D eigenvalue weighted by Crippen LogP contribution is 2.47. The molecule has 1 fully saturated rings. The van der Waals surface area contributed by atoms with E-state index in [-0.39, 0.29) is 11.7 Å². The largest absolute Gasteiger partial charge is 0.508 e. The highest BCUT2D eigenvalue weighted by atomic mass is 16.3. The van der Waals surface area contributed by atoms with Crippen molar-refractivity contribution in [3.05, 3.63) is 24.3 Å². The molecule has 1 aromatic rings. The van der Waals surface area contributed by atoms with Gasteiger partial charge in [0.2, 0.25) is 11.8 Å². The Kier molecular flexibility index (Phi) is 4.21. The Morgan fingerprint density at radius 1 is 1.29 bits per heavy atom. The summed E-state index contributed by atoms with van der Waals surface area (Å²) >= 11 is 0. The summed E-state index contributed by atoms with van der Waals surface area (Å²) in [5, 5.41) is 9.38. The Labute approximate surface area is 124 Å². The number of benzene rings is 1. The first kappa shape index (κ1) is 15.4. The van der Waals surface area contributed by atoms with Gasteiger partial charge in [-0.2, -0.15) is 0 Å². The fraction of sp³-hybridized carbons (Fsp3) is 0.500. The fourth-order valence-corrected chi connectivity index (χ4v) is 2.32. The van der Waals surface area contributed by atoms with Crippen LogP contribution in [0.3, 0.4) is 0 Å². The van der Waals surface area contributed by atoms with Crippen LogP contribution in [0, 0.1) is 11.3 Å². The quantitative estimate of drug-likeness (QED) is 0.786. The van der Waals surface area contributed by atoms with Gasteiger partial charge in [0.05, 0.1) is 0 Å². The van der Waals surface area contributed by atoms with Gasteiger partial charge in [0.25, 0.3) is 0 Å². The molecule has 1 aliphatic rings. The second kappa shape index (κ2) is 5.76. The molecular weight excluding hydrogens is 268 g/mol. The number of rotatable bonds is 6. The van der Waals surface area contributed by atoms with Crippen molar-refractivity contribution >= 4 is 17.5 Å². The predicted molar refractivity (Wildman–Crippen MR) is 80.8 cm³/mol. The van der Waals surface area contributed by atoms with E-state index in [4.69, 9.17) is 5.73 Å². The van der Waals surface area contributed by atoms with Crippen molar-refractivity contribution in [1.82, 2.24) is 0 Å². The molecule has 0 atom stereocenters. The maximum Gasteiger partial charge on any atom is 0.242 e. The van der Waals surface area contributed by atoms with E-state index in [1.54, 1.807) is 17.0 Å². The van der Waals surface area contributed by atoms with Gasteiger partial charge in [-0.05, 0) is 49.4 Å². The van der Waals surface area contributed by atoms with Gasteiger partial charge in [-0.1, -0.05) is 13.8 Å². The number of hydrogen-bond acceptors (Lipinski definition) is 3. The van der Waals surface area contributed by atoms with E-state index in [0.29, 0.717) is 31.0 Å². The third kappa shape index (κ3) is 3.17. The van der Waals surface area contributed by atoms with Crippen LogP contribution < -0.4 is 10.6 Å². The summed E-state index contributed by atoms with van der Waals surface area (Å²) < 4.78 is 0. The van der Waals surface area contributed by atoms with Crippen LogP contribution in [0.5, 0.6) is 5.75 Å². The van der Waals surface area contributed by atoms with Gasteiger partial charge in [0, 0.05) is 12.2 Å². The second-order valence-corrected chi connectivity index (χ2v) is 6.10. The number of nitrogens with zero attached hydrogens (tertiary/aromatic N) is 1. The second-order valence-electron chi connectivity index (χ2n) is 6.10. The van der Waals surface area contributed by atoms with E-state index in [1.807, 2.05) is 0 Å². The molecule has 0 heterocycles. The van der Waals surface area contributed by atoms with Gasteiger partial charge in [0.15, 0.2) is 0 Å². The number of amides is 2. The zero-order chi connectivity index (χ0) is 15.6. The molecule has 0 radical (unpaired) electrons. The summed E-state index contributed by atoms with van der Waals surface area (Å²) in [7, 11) is 0. The topological polar surface area (TPSA) is 83.6 Å². The number of hydrogen-bond donors (Lipinski definition) is 2. The molecule has 0 spiro atoms. The van der Waals surface area contributed by atoms with Crippen molar-refractivity contribution in [3.63, 3.8) is 0 Å². The molecule has 0 bridgehead atoms. The van der Waals surface area contributed by atoms with Crippen LogP contribution in [-0.4, -0.2) is 23.5 Å². The minimum Gasteiger partial charge on any atom is -0.508 e. The predicted octanol–water partition coefficient (Wildman–Crippen LogP) is 2.04. The van der Waals surface area contributed by atoms with Gasteiger partial charge < -0.3 is 15.7 Å². The summed E-state index contributed by atoms with van der Waals surface area (Å²) in [4.78, 5) is 25.9. The van der Waals surface area contributed by atoms with E-state index < -0.39 is 11.3 Å². The fourth-order valence-electron chi connectivity index (χ4n) is 2.32. The number of anilines is 1. The molecule has 21 heavy (non-hydrogen) atoms. The van der Waals surface area contributed by atoms with Crippen molar-refractivity contribution in [3.8, 4) is 5.75 Å². The number of nitrogens with two attached hydrogens (primary N) is 1. The molecule has 5 nitrogen and oxygen atoms in total. The molecule has 0 saturated heterocycles. The van der Waals surface area contributed by atoms with E-state index in [2.05, 4.69) is 13.8 Å². The zero-order valence-electron chi connectivity index (χ0n) is 12.5. The maximum absolute atomic E-state index is 12.7. The lowest BCUT2D eigenvalue weighted by Gasteiger charge is -2.27. The third-order valence-electron chi connectivity index (χ3n) is 3.97. The van der Waals surface area contributed by atoms with Gasteiger partial charge in [0.1, 0.15) is 11.2 Å². The average Bonchev–Trinajstić information content (AvgIpc) is 3.22. The van der Waals surface area contributed by atoms with E-state index in [0.717, 1.165) is 6.42 Å². The molecular formula is C16H22N2O3. The first-order valence-corrected chi connectivity index (χ1v) is 7.28. The van der Waals surface area contributed by atoms with E-state index in [1.165, 1.54) is 12.1 Å². The smallest absolute Gasteiger partial charge is 0.242 e. The SMILES string of the molecule is CC(C)CCN(C(=O)C1(C(N)=O)CC1)c1ccc(O)cc1. The Bertz CT molecular complexity index is 533. The first-order valence-electron chi connectivity index (χ1n) is 7.28. The summed E-state index contributed by atoms with van der Waals surface area (Å²) in [5.41, 5.74) is 5.07. The third-order valence-corrected chi connectivity index (χ3v) is 3.97. The lowest BCUT2D eigenvalue weighted by atomic mass is 10.0. The summed E-state index contributed by atoms with van der Waals surface area (Å²) in [5.74, 6) is -0.172. The number of carbonyl (C=O) groups excluding carboxylic acids is 2. The van der Waals surface area contributed by atoms with Gasteiger partial charge in [-0.25, -0.2) is 0 Å². The summed E-state index contributed by atoms with van der Waals surface area (Å²) in [6.45, 7) is 4.71. The van der Waals surface area contributed by atoms with Crippen LogP contribution in [0.4, 0.5) is 5.69 Å². The molecule has 0 unspecified atom stereocenters. The highest BCUT2D eigenvalue weighted by molar-refractivity contribution is 6.13. The molecule has 3 N–H and O–H groups in total. The van der Waals surface area contributed by atoms with Crippen molar-refractivity contribution in [2.45, 2.75) is 33.1 Å². The molecule has 1 saturated carbocycles. The van der Waals surface area contributed by atoms with Crippen LogP contribution in [0.2, 0.25) is 0 Å². The highest BCUT2D eigenvalue weighted by Gasteiger charge is 2.57. The van der Waals surface area contributed by atoms with Crippen LogP contribution in [0.25, 0.3) is 0 Å². The normalized spacial score (nSPS) is 15.8. The Balaban J connectivity index is 2.25. The number of phenols is 1. The minimum absolute atomic E-state index is 0.144. The molecule has 114 valence electrons. The molecule has 5 heteroatoms. The minimum atomic E-state index is -1.02. The molecule has 0 aliphatic heterocycles. The van der Waals surface area contributed by atoms with Crippen molar-refractivity contribution in [2.24, 2.45) is 17.1 Å². The zero-order valence-corrected chi connectivity index (χ0v) is 12.5. The lowest BCUT2D eigenvalue weighted by molar-refractivity contribution is -0.133. The van der Waals surface area contributed by atoms with E-state index in [9.17, 15) is 14.7 Å². The van der Waals surface area contributed by atoms with Crippen LogP contribution in [-0.2, 0) is 9.59 Å². The van der Waals surface area contributed by atoms with Crippen LogP contribution >= 0.6 is 0 Å². The van der Waals surface area contributed by atoms with Gasteiger partial charge in [-0.3, -0.25) is 9.59 Å². The Morgan fingerprint density at radius 2 is 1.86 bits per heavy atom. The van der Waals surface area contributed by atoms with E-state index >= 15 is 0 Å². The van der Waals surface area contributed by atoms with Crippen LogP contribution in [0.1, 0.15) is 33.1 Å².